The average molecular weight is 222 g/mol. The third kappa shape index (κ3) is 2.52. The van der Waals surface area contributed by atoms with Crippen molar-refractivity contribution in [3.63, 3.8) is 0 Å². The van der Waals surface area contributed by atoms with Gasteiger partial charge in [0.25, 0.3) is 0 Å². The number of ether oxygens (including phenoxy) is 1. The number of carbonyl (C=O) groups is 1. The number of methoxy groups -OCH3 is 1. The molecule has 0 aliphatic heterocycles. The zero-order chi connectivity index (χ0) is 12.3. The lowest BCUT2D eigenvalue weighted by molar-refractivity contribution is -0.129. The normalized spacial score (nSPS) is 10.1. The van der Waals surface area contributed by atoms with Gasteiger partial charge in [-0.15, -0.1) is 0 Å². The van der Waals surface area contributed by atoms with Crippen LogP contribution in [0.1, 0.15) is 16.7 Å². The number of likely N-dealkylation sites (N-methyl/N-ethyl adjacent to an activating group) is 1. The van der Waals surface area contributed by atoms with E-state index in [9.17, 15) is 4.79 Å². The predicted molar refractivity (Wildman–Crippen MR) is 63.1 cm³/mol. The largest absolute Gasteiger partial charge is 0.496 e. The first-order valence-corrected chi connectivity index (χ1v) is 5.11. The lowest BCUT2D eigenvalue weighted by Gasteiger charge is -2.14. The molecule has 0 fully saturated rings. The Bertz CT molecular complexity index is 400. The van der Waals surface area contributed by atoms with Gasteiger partial charge in [0.15, 0.2) is 0 Å². The summed E-state index contributed by atoms with van der Waals surface area (Å²) in [6, 6.07) is 3.78. The van der Waals surface area contributed by atoms with E-state index in [1.54, 1.807) is 14.2 Å². The molecule has 4 nitrogen and oxygen atoms in total. The standard InChI is InChI=1S/C12H18N2O2/c1-8-9(2)11(16-4)6-5-10(8)7-12(15)14(3)13/h5-6H,7,13H2,1-4H3. The van der Waals surface area contributed by atoms with Gasteiger partial charge in [-0.05, 0) is 36.6 Å². The van der Waals surface area contributed by atoms with E-state index in [1.807, 2.05) is 26.0 Å². The smallest absolute Gasteiger partial charge is 0.240 e. The van der Waals surface area contributed by atoms with Gasteiger partial charge >= 0.3 is 0 Å². The summed E-state index contributed by atoms with van der Waals surface area (Å²) in [4.78, 5) is 11.5. The minimum atomic E-state index is -0.104. The molecule has 0 aromatic heterocycles. The zero-order valence-electron chi connectivity index (χ0n) is 10.2. The number of rotatable bonds is 3. The Morgan fingerprint density at radius 3 is 2.50 bits per heavy atom. The van der Waals surface area contributed by atoms with Crippen molar-refractivity contribution in [3.05, 3.63) is 28.8 Å². The highest BCUT2D eigenvalue weighted by molar-refractivity contribution is 5.78. The minimum absolute atomic E-state index is 0.104. The van der Waals surface area contributed by atoms with Crippen LogP contribution in [0.3, 0.4) is 0 Å². The SMILES string of the molecule is COc1ccc(CC(=O)N(C)N)c(C)c1C. The van der Waals surface area contributed by atoms with E-state index < -0.39 is 0 Å². The average Bonchev–Trinajstić information content (AvgIpc) is 2.25. The molecular formula is C12H18N2O2. The van der Waals surface area contributed by atoms with E-state index in [0.29, 0.717) is 6.42 Å². The zero-order valence-corrected chi connectivity index (χ0v) is 10.2. The number of nitrogens with zero attached hydrogens (tertiary/aromatic N) is 1. The summed E-state index contributed by atoms with van der Waals surface area (Å²) in [6.45, 7) is 3.96. The molecular weight excluding hydrogens is 204 g/mol. The Balaban J connectivity index is 2.99. The molecule has 0 radical (unpaired) electrons. The second-order valence-corrected chi connectivity index (χ2v) is 3.86. The van der Waals surface area contributed by atoms with Gasteiger partial charge in [0.2, 0.25) is 5.91 Å². The molecule has 1 amide bonds. The van der Waals surface area contributed by atoms with Crippen LogP contribution in [0.25, 0.3) is 0 Å². The summed E-state index contributed by atoms with van der Waals surface area (Å²) >= 11 is 0. The van der Waals surface area contributed by atoms with E-state index in [4.69, 9.17) is 10.6 Å². The third-order valence-electron chi connectivity index (χ3n) is 2.80. The first kappa shape index (κ1) is 12.5. The minimum Gasteiger partial charge on any atom is -0.496 e. The van der Waals surface area contributed by atoms with Crippen molar-refractivity contribution in [1.29, 1.82) is 0 Å². The van der Waals surface area contributed by atoms with Gasteiger partial charge in [0, 0.05) is 7.05 Å². The number of hydrogen-bond acceptors (Lipinski definition) is 3. The van der Waals surface area contributed by atoms with E-state index >= 15 is 0 Å². The fourth-order valence-corrected chi connectivity index (χ4v) is 1.55. The highest BCUT2D eigenvalue weighted by atomic mass is 16.5. The maximum atomic E-state index is 11.5. The summed E-state index contributed by atoms with van der Waals surface area (Å²) < 4.78 is 5.21. The predicted octanol–water partition coefficient (Wildman–Crippen LogP) is 1.19. The summed E-state index contributed by atoms with van der Waals surface area (Å²) in [5, 5.41) is 1.11. The van der Waals surface area contributed by atoms with Gasteiger partial charge in [-0.2, -0.15) is 0 Å². The molecule has 0 aliphatic rings. The molecule has 1 rings (SSSR count). The second-order valence-electron chi connectivity index (χ2n) is 3.86. The molecule has 0 aliphatic carbocycles. The lowest BCUT2D eigenvalue weighted by Crippen LogP contribution is -2.34. The van der Waals surface area contributed by atoms with E-state index in [1.165, 1.54) is 0 Å². The maximum absolute atomic E-state index is 11.5. The number of hydrazine groups is 1. The fraction of sp³-hybridized carbons (Fsp3) is 0.417. The van der Waals surface area contributed by atoms with Crippen LogP contribution >= 0.6 is 0 Å². The topological polar surface area (TPSA) is 55.6 Å². The highest BCUT2D eigenvalue weighted by Gasteiger charge is 2.11. The van der Waals surface area contributed by atoms with Gasteiger partial charge in [-0.1, -0.05) is 6.07 Å². The molecule has 0 atom stereocenters. The second kappa shape index (κ2) is 4.99. The lowest BCUT2D eigenvalue weighted by atomic mass is 10.00. The van der Waals surface area contributed by atoms with Crippen LogP contribution in [0, 0.1) is 13.8 Å². The molecule has 0 spiro atoms. The Morgan fingerprint density at radius 2 is 2.00 bits per heavy atom. The first-order valence-electron chi connectivity index (χ1n) is 5.11. The third-order valence-corrected chi connectivity index (χ3v) is 2.80. The molecule has 1 aromatic carbocycles. The number of carbonyl (C=O) groups excluding carboxylic acids is 1. The van der Waals surface area contributed by atoms with Crippen molar-refractivity contribution in [2.24, 2.45) is 5.84 Å². The van der Waals surface area contributed by atoms with E-state index in [2.05, 4.69) is 0 Å². The summed E-state index contributed by atoms with van der Waals surface area (Å²) in [6.07, 6.45) is 0.323. The Morgan fingerprint density at radius 1 is 1.38 bits per heavy atom. The molecule has 0 unspecified atom stereocenters. The molecule has 16 heavy (non-hydrogen) atoms. The number of benzene rings is 1. The molecule has 0 saturated carbocycles. The molecule has 0 heterocycles. The summed E-state index contributed by atoms with van der Waals surface area (Å²) in [5.74, 6) is 6.13. The molecule has 4 heteroatoms. The van der Waals surface area contributed by atoms with Gasteiger partial charge < -0.3 is 4.74 Å². The van der Waals surface area contributed by atoms with Gasteiger partial charge in [-0.25, -0.2) is 5.84 Å². The van der Waals surface area contributed by atoms with Crippen molar-refractivity contribution in [3.8, 4) is 5.75 Å². The van der Waals surface area contributed by atoms with Gasteiger partial charge in [0.05, 0.1) is 13.5 Å². The van der Waals surface area contributed by atoms with Crippen LogP contribution in [-0.2, 0) is 11.2 Å². The number of hydrogen-bond donors (Lipinski definition) is 1. The van der Waals surface area contributed by atoms with Crippen molar-refractivity contribution < 1.29 is 9.53 Å². The van der Waals surface area contributed by atoms with Crippen LogP contribution in [0.2, 0.25) is 0 Å². The number of amides is 1. The van der Waals surface area contributed by atoms with Crippen LogP contribution in [0.4, 0.5) is 0 Å². The van der Waals surface area contributed by atoms with Crippen molar-refractivity contribution >= 4 is 5.91 Å². The molecule has 88 valence electrons. The van der Waals surface area contributed by atoms with Crippen LogP contribution in [0.5, 0.6) is 5.75 Å². The number of nitrogens with two attached hydrogens (primary N) is 1. The fourth-order valence-electron chi connectivity index (χ4n) is 1.55. The molecule has 1 aromatic rings. The summed E-state index contributed by atoms with van der Waals surface area (Å²) in [5.41, 5.74) is 3.13. The van der Waals surface area contributed by atoms with Crippen LogP contribution in [0.15, 0.2) is 12.1 Å². The van der Waals surface area contributed by atoms with E-state index in [0.717, 1.165) is 27.4 Å². The van der Waals surface area contributed by atoms with Crippen molar-refractivity contribution in [1.82, 2.24) is 5.01 Å². The van der Waals surface area contributed by atoms with Crippen molar-refractivity contribution in [2.75, 3.05) is 14.2 Å². The Labute approximate surface area is 96.0 Å². The quantitative estimate of drug-likeness (QED) is 0.475. The monoisotopic (exact) mass is 222 g/mol. The Hall–Kier alpha value is -1.55. The first-order chi connectivity index (χ1) is 7.47. The van der Waals surface area contributed by atoms with Crippen LogP contribution < -0.4 is 10.6 Å². The molecule has 0 bridgehead atoms. The van der Waals surface area contributed by atoms with Crippen LogP contribution in [-0.4, -0.2) is 25.1 Å². The summed E-state index contributed by atoms with van der Waals surface area (Å²) in [7, 11) is 3.19. The van der Waals surface area contributed by atoms with Gasteiger partial charge in [-0.3, -0.25) is 9.80 Å². The maximum Gasteiger partial charge on any atom is 0.240 e. The van der Waals surface area contributed by atoms with Gasteiger partial charge in [0.1, 0.15) is 5.75 Å². The Kier molecular flexibility index (Phi) is 3.90. The highest BCUT2D eigenvalue weighted by Crippen LogP contribution is 2.24. The van der Waals surface area contributed by atoms with E-state index in [-0.39, 0.29) is 5.91 Å². The molecule has 2 N–H and O–H groups in total. The molecule has 0 saturated heterocycles. The van der Waals surface area contributed by atoms with Crippen molar-refractivity contribution in [2.45, 2.75) is 20.3 Å².